The molecule has 0 fully saturated rings. The highest BCUT2D eigenvalue weighted by molar-refractivity contribution is 9.10. The lowest BCUT2D eigenvalue weighted by atomic mass is 10.1. The van der Waals surface area contributed by atoms with Crippen molar-refractivity contribution in [3.05, 3.63) is 28.2 Å². The van der Waals surface area contributed by atoms with Gasteiger partial charge in [0, 0.05) is 23.9 Å². The number of nitrogens with one attached hydrogen (secondary N) is 1. The van der Waals surface area contributed by atoms with E-state index < -0.39 is 12.0 Å². The molecule has 2 rings (SSSR count). The number of amides is 2. The maximum absolute atomic E-state index is 11.8. The van der Waals surface area contributed by atoms with Crippen LogP contribution in [0.5, 0.6) is 5.75 Å². The van der Waals surface area contributed by atoms with Gasteiger partial charge in [-0.05, 0) is 23.8 Å². The summed E-state index contributed by atoms with van der Waals surface area (Å²) in [6.45, 7) is 0.244. The lowest BCUT2D eigenvalue weighted by molar-refractivity contribution is -0.127. The molecule has 2 amide bonds. The SMILES string of the molecule is NC(=O)CCNC(=O)C1Cc2cc(Br)ccc2O1. The highest BCUT2D eigenvalue weighted by Crippen LogP contribution is 2.31. The maximum Gasteiger partial charge on any atom is 0.261 e. The number of carbonyl (C=O) groups excluding carboxylic acids is 2. The van der Waals surface area contributed by atoms with E-state index in [1.807, 2.05) is 18.2 Å². The molecule has 5 nitrogen and oxygen atoms in total. The normalized spacial score (nSPS) is 16.8. The smallest absolute Gasteiger partial charge is 0.261 e. The molecule has 1 aliphatic heterocycles. The van der Waals surface area contributed by atoms with Gasteiger partial charge in [0.2, 0.25) is 5.91 Å². The van der Waals surface area contributed by atoms with E-state index in [0.29, 0.717) is 6.42 Å². The van der Waals surface area contributed by atoms with Gasteiger partial charge in [-0.3, -0.25) is 9.59 Å². The lowest BCUT2D eigenvalue weighted by Crippen LogP contribution is -2.38. The number of halogens is 1. The summed E-state index contributed by atoms with van der Waals surface area (Å²) in [5, 5.41) is 2.63. The van der Waals surface area contributed by atoms with Crippen molar-refractivity contribution in [2.75, 3.05) is 6.54 Å². The van der Waals surface area contributed by atoms with E-state index in [0.717, 1.165) is 15.8 Å². The number of rotatable bonds is 4. The topological polar surface area (TPSA) is 81.4 Å². The van der Waals surface area contributed by atoms with Gasteiger partial charge < -0.3 is 15.8 Å². The van der Waals surface area contributed by atoms with Crippen LogP contribution >= 0.6 is 15.9 Å². The first-order chi connectivity index (χ1) is 8.56. The van der Waals surface area contributed by atoms with E-state index in [4.69, 9.17) is 10.5 Å². The number of benzene rings is 1. The minimum absolute atomic E-state index is 0.136. The van der Waals surface area contributed by atoms with Crippen molar-refractivity contribution in [1.29, 1.82) is 0 Å². The average Bonchev–Trinajstić information content (AvgIpc) is 2.71. The van der Waals surface area contributed by atoms with Crippen molar-refractivity contribution < 1.29 is 14.3 Å². The van der Waals surface area contributed by atoms with Crippen molar-refractivity contribution >= 4 is 27.7 Å². The predicted octanol–water partition coefficient (Wildman–Crippen LogP) is 0.744. The van der Waals surface area contributed by atoms with Gasteiger partial charge in [-0.25, -0.2) is 0 Å². The zero-order valence-corrected chi connectivity index (χ0v) is 11.2. The van der Waals surface area contributed by atoms with Gasteiger partial charge >= 0.3 is 0 Å². The maximum atomic E-state index is 11.8. The first-order valence-electron chi connectivity index (χ1n) is 5.57. The zero-order chi connectivity index (χ0) is 13.1. The third-order valence-corrected chi connectivity index (χ3v) is 3.15. The van der Waals surface area contributed by atoms with Crippen LogP contribution in [-0.4, -0.2) is 24.5 Å². The quantitative estimate of drug-likeness (QED) is 0.860. The molecule has 1 aromatic rings. The Hall–Kier alpha value is -1.56. The molecule has 0 aromatic heterocycles. The first-order valence-corrected chi connectivity index (χ1v) is 6.36. The molecule has 1 atom stereocenters. The fourth-order valence-corrected chi connectivity index (χ4v) is 2.19. The lowest BCUT2D eigenvalue weighted by Gasteiger charge is -2.10. The Morgan fingerprint density at radius 1 is 1.50 bits per heavy atom. The molecule has 0 radical (unpaired) electrons. The zero-order valence-electron chi connectivity index (χ0n) is 9.61. The van der Waals surface area contributed by atoms with Crippen LogP contribution in [0, 0.1) is 0 Å². The molecule has 3 N–H and O–H groups in total. The Morgan fingerprint density at radius 3 is 3.00 bits per heavy atom. The fraction of sp³-hybridized carbons (Fsp3) is 0.333. The second kappa shape index (κ2) is 5.39. The summed E-state index contributed by atoms with van der Waals surface area (Å²) in [5.74, 6) is 0.0756. The summed E-state index contributed by atoms with van der Waals surface area (Å²) >= 11 is 3.37. The molecule has 0 bridgehead atoms. The summed E-state index contributed by atoms with van der Waals surface area (Å²) in [4.78, 5) is 22.3. The molecule has 0 aliphatic carbocycles. The standard InChI is InChI=1S/C12H13BrN2O3/c13-8-1-2-9-7(5-8)6-10(18-9)12(17)15-4-3-11(14)16/h1-2,5,10H,3-4,6H2,(H2,14,16)(H,15,17). The van der Waals surface area contributed by atoms with E-state index in [-0.39, 0.29) is 18.9 Å². The van der Waals surface area contributed by atoms with E-state index in [1.54, 1.807) is 0 Å². The molecule has 0 saturated carbocycles. The van der Waals surface area contributed by atoms with Crippen molar-refractivity contribution in [1.82, 2.24) is 5.32 Å². The third kappa shape index (κ3) is 3.01. The molecule has 1 heterocycles. The van der Waals surface area contributed by atoms with Crippen LogP contribution in [0.2, 0.25) is 0 Å². The van der Waals surface area contributed by atoms with Gasteiger partial charge in [0.1, 0.15) is 5.75 Å². The Kier molecular flexibility index (Phi) is 3.86. The summed E-state index contributed by atoms with van der Waals surface area (Å²) in [6.07, 6.45) is 0.149. The van der Waals surface area contributed by atoms with Gasteiger partial charge in [-0.15, -0.1) is 0 Å². The third-order valence-electron chi connectivity index (χ3n) is 2.66. The molecule has 6 heteroatoms. The minimum Gasteiger partial charge on any atom is -0.480 e. The fourth-order valence-electron chi connectivity index (χ4n) is 1.79. The summed E-state index contributed by atoms with van der Waals surface area (Å²) in [7, 11) is 0. The summed E-state index contributed by atoms with van der Waals surface area (Å²) < 4.78 is 6.49. The molecular weight excluding hydrogens is 300 g/mol. The number of primary amides is 1. The summed E-state index contributed by atoms with van der Waals surface area (Å²) in [5.41, 5.74) is 5.99. The average molecular weight is 313 g/mol. The van der Waals surface area contributed by atoms with Crippen LogP contribution in [0.4, 0.5) is 0 Å². The molecule has 96 valence electrons. The van der Waals surface area contributed by atoms with Crippen molar-refractivity contribution in [2.45, 2.75) is 18.9 Å². The van der Waals surface area contributed by atoms with E-state index in [1.165, 1.54) is 0 Å². The number of fused-ring (bicyclic) bond motifs is 1. The Balaban J connectivity index is 1.90. The molecule has 0 saturated heterocycles. The number of nitrogens with two attached hydrogens (primary N) is 1. The Morgan fingerprint density at radius 2 is 2.28 bits per heavy atom. The second-order valence-electron chi connectivity index (χ2n) is 4.07. The van der Waals surface area contributed by atoms with Crippen LogP contribution in [0.25, 0.3) is 0 Å². The highest BCUT2D eigenvalue weighted by Gasteiger charge is 2.28. The number of hydrogen-bond donors (Lipinski definition) is 2. The van der Waals surface area contributed by atoms with Gasteiger partial charge in [-0.2, -0.15) is 0 Å². The predicted molar refractivity (Wildman–Crippen MR) is 69.1 cm³/mol. The molecule has 0 spiro atoms. The molecule has 1 aliphatic rings. The van der Waals surface area contributed by atoms with Crippen LogP contribution in [0.15, 0.2) is 22.7 Å². The number of ether oxygens (including phenoxy) is 1. The molecule has 18 heavy (non-hydrogen) atoms. The van der Waals surface area contributed by atoms with Gasteiger partial charge in [-0.1, -0.05) is 15.9 Å². The van der Waals surface area contributed by atoms with E-state index in [9.17, 15) is 9.59 Å². The first kappa shape index (κ1) is 12.9. The number of carbonyl (C=O) groups is 2. The van der Waals surface area contributed by atoms with Gasteiger partial charge in [0.15, 0.2) is 6.10 Å². The van der Waals surface area contributed by atoms with Gasteiger partial charge in [0.05, 0.1) is 0 Å². The van der Waals surface area contributed by atoms with Crippen LogP contribution in [0.3, 0.4) is 0 Å². The molecule has 1 aromatic carbocycles. The van der Waals surface area contributed by atoms with E-state index in [2.05, 4.69) is 21.2 Å². The largest absolute Gasteiger partial charge is 0.480 e. The van der Waals surface area contributed by atoms with Crippen molar-refractivity contribution in [2.24, 2.45) is 5.73 Å². The van der Waals surface area contributed by atoms with Crippen molar-refractivity contribution in [3.63, 3.8) is 0 Å². The second-order valence-corrected chi connectivity index (χ2v) is 4.99. The number of hydrogen-bond acceptors (Lipinski definition) is 3. The minimum atomic E-state index is -0.526. The van der Waals surface area contributed by atoms with Crippen LogP contribution in [-0.2, 0) is 16.0 Å². The summed E-state index contributed by atoms with van der Waals surface area (Å²) in [6, 6.07) is 5.63. The van der Waals surface area contributed by atoms with Crippen molar-refractivity contribution in [3.8, 4) is 5.75 Å². The van der Waals surface area contributed by atoms with Crippen LogP contribution < -0.4 is 15.8 Å². The monoisotopic (exact) mass is 312 g/mol. The van der Waals surface area contributed by atoms with E-state index >= 15 is 0 Å². The Bertz CT molecular complexity index is 490. The van der Waals surface area contributed by atoms with Crippen LogP contribution in [0.1, 0.15) is 12.0 Å². The Labute approximate surface area is 113 Å². The highest BCUT2D eigenvalue weighted by atomic mass is 79.9. The molecule has 1 unspecified atom stereocenters. The molecular formula is C12H13BrN2O3. The van der Waals surface area contributed by atoms with Gasteiger partial charge in [0.25, 0.3) is 5.91 Å².